The van der Waals surface area contributed by atoms with Crippen LogP contribution in [-0.2, 0) is 0 Å². The summed E-state index contributed by atoms with van der Waals surface area (Å²) >= 11 is 0. The molecule has 1 aromatic rings. The van der Waals surface area contributed by atoms with E-state index < -0.39 is 0 Å². The van der Waals surface area contributed by atoms with Crippen molar-refractivity contribution in [2.45, 2.75) is 19.8 Å². The fourth-order valence-corrected chi connectivity index (χ4v) is 2.00. The highest BCUT2D eigenvalue weighted by molar-refractivity contribution is 5.95. The zero-order valence-corrected chi connectivity index (χ0v) is 10.6. The van der Waals surface area contributed by atoms with Crippen LogP contribution >= 0.6 is 0 Å². The van der Waals surface area contributed by atoms with Gasteiger partial charge in [0, 0.05) is 26.2 Å². The molecule has 0 aliphatic carbocycles. The zero-order valence-electron chi connectivity index (χ0n) is 10.6. The van der Waals surface area contributed by atoms with Crippen LogP contribution in [0.4, 0.5) is 0 Å². The quantitative estimate of drug-likeness (QED) is 0.775. The molecule has 5 nitrogen and oxygen atoms in total. The van der Waals surface area contributed by atoms with Gasteiger partial charge in [0.15, 0.2) is 0 Å². The van der Waals surface area contributed by atoms with E-state index in [1.807, 2.05) is 18.7 Å². The van der Waals surface area contributed by atoms with Gasteiger partial charge in [-0.15, -0.1) is 0 Å². The summed E-state index contributed by atoms with van der Waals surface area (Å²) in [6, 6.07) is 0. The van der Waals surface area contributed by atoms with E-state index in [0.717, 1.165) is 31.9 Å². The predicted molar refractivity (Wildman–Crippen MR) is 64.0 cm³/mol. The van der Waals surface area contributed by atoms with Crippen LogP contribution in [0.15, 0.2) is 10.8 Å². The summed E-state index contributed by atoms with van der Waals surface area (Å²) in [5.41, 5.74) is 1.37. The Hall–Kier alpha value is -1.36. The molecule has 1 aliphatic heterocycles. The number of hydrogen-bond donors (Lipinski definition) is 0. The van der Waals surface area contributed by atoms with E-state index >= 15 is 0 Å². The molecule has 17 heavy (non-hydrogen) atoms. The first-order valence-corrected chi connectivity index (χ1v) is 6.01. The van der Waals surface area contributed by atoms with Crippen molar-refractivity contribution >= 4 is 5.91 Å². The molecule has 1 amide bonds. The number of amides is 1. The molecule has 0 atom stereocenters. The third kappa shape index (κ3) is 2.49. The smallest absolute Gasteiger partial charge is 0.259 e. The van der Waals surface area contributed by atoms with E-state index in [-0.39, 0.29) is 11.8 Å². The summed E-state index contributed by atoms with van der Waals surface area (Å²) in [4.78, 5) is 16.4. The number of aromatic nitrogens is 1. The van der Waals surface area contributed by atoms with Gasteiger partial charge >= 0.3 is 0 Å². The molecular formula is C12H19N3O2. The average molecular weight is 237 g/mol. The van der Waals surface area contributed by atoms with Crippen molar-refractivity contribution < 1.29 is 9.32 Å². The van der Waals surface area contributed by atoms with Gasteiger partial charge < -0.3 is 14.3 Å². The molecule has 94 valence electrons. The third-order valence-corrected chi connectivity index (χ3v) is 3.17. The van der Waals surface area contributed by atoms with Crippen LogP contribution in [0.2, 0.25) is 0 Å². The van der Waals surface area contributed by atoms with Crippen LogP contribution in [0.1, 0.15) is 35.8 Å². The van der Waals surface area contributed by atoms with Crippen LogP contribution in [0.25, 0.3) is 0 Å². The number of likely N-dealkylation sites (N-methyl/N-ethyl adjacent to an activating group) is 1. The summed E-state index contributed by atoms with van der Waals surface area (Å²) in [6.45, 7) is 7.43. The van der Waals surface area contributed by atoms with Crippen LogP contribution in [0.5, 0.6) is 0 Å². The van der Waals surface area contributed by atoms with Gasteiger partial charge in [-0.05, 0) is 13.0 Å². The number of nitrogens with zero attached hydrogens (tertiary/aromatic N) is 3. The molecule has 0 aromatic carbocycles. The molecule has 0 saturated carbocycles. The molecule has 0 unspecified atom stereocenters. The van der Waals surface area contributed by atoms with Crippen molar-refractivity contribution in [3.63, 3.8) is 0 Å². The van der Waals surface area contributed by atoms with Crippen molar-refractivity contribution in [1.29, 1.82) is 0 Å². The zero-order chi connectivity index (χ0) is 12.4. The Morgan fingerprint density at radius 3 is 2.59 bits per heavy atom. The fraction of sp³-hybridized carbons (Fsp3) is 0.667. The lowest BCUT2D eigenvalue weighted by Gasteiger charge is -2.32. The molecule has 2 rings (SSSR count). The van der Waals surface area contributed by atoms with Crippen molar-refractivity contribution in [3.05, 3.63) is 17.5 Å². The van der Waals surface area contributed by atoms with E-state index in [9.17, 15) is 4.79 Å². The lowest BCUT2D eigenvalue weighted by molar-refractivity contribution is 0.0662. The monoisotopic (exact) mass is 237 g/mol. The maximum absolute atomic E-state index is 12.3. The lowest BCUT2D eigenvalue weighted by atomic mass is 10.1. The second kappa shape index (κ2) is 4.87. The van der Waals surface area contributed by atoms with Gasteiger partial charge in [0.05, 0.1) is 5.69 Å². The molecule has 1 aliphatic rings. The largest absolute Gasteiger partial charge is 0.364 e. The Labute approximate surface area is 101 Å². The van der Waals surface area contributed by atoms with E-state index in [0.29, 0.717) is 5.56 Å². The molecule has 5 heteroatoms. The maximum atomic E-state index is 12.3. The molecule has 1 aromatic heterocycles. The van der Waals surface area contributed by atoms with Crippen molar-refractivity contribution in [3.8, 4) is 0 Å². The van der Waals surface area contributed by atoms with Gasteiger partial charge in [0.25, 0.3) is 5.91 Å². The van der Waals surface area contributed by atoms with Gasteiger partial charge in [0.2, 0.25) is 0 Å². The summed E-state index contributed by atoms with van der Waals surface area (Å²) in [7, 11) is 2.07. The maximum Gasteiger partial charge on any atom is 0.259 e. The first kappa shape index (κ1) is 12.1. The second-order valence-electron chi connectivity index (χ2n) is 4.86. The molecule has 0 spiro atoms. The van der Waals surface area contributed by atoms with E-state index in [1.54, 1.807) is 0 Å². The highest BCUT2D eigenvalue weighted by atomic mass is 16.5. The summed E-state index contributed by atoms with van der Waals surface area (Å²) in [5, 5.41) is 3.91. The number of piperazine rings is 1. The minimum atomic E-state index is 0.0445. The highest BCUT2D eigenvalue weighted by Gasteiger charge is 2.25. The summed E-state index contributed by atoms with van der Waals surface area (Å²) in [5.74, 6) is 0.253. The Bertz CT molecular complexity index is 392. The van der Waals surface area contributed by atoms with Crippen molar-refractivity contribution in [2.75, 3.05) is 33.2 Å². The highest BCUT2D eigenvalue weighted by Crippen LogP contribution is 2.19. The van der Waals surface area contributed by atoms with Crippen molar-refractivity contribution in [2.24, 2.45) is 0 Å². The third-order valence-electron chi connectivity index (χ3n) is 3.17. The molecule has 0 bridgehead atoms. The molecule has 0 N–H and O–H groups in total. The van der Waals surface area contributed by atoms with Gasteiger partial charge in [-0.3, -0.25) is 4.79 Å². The molecule has 2 heterocycles. The summed E-state index contributed by atoms with van der Waals surface area (Å²) in [6.07, 6.45) is 1.47. The molecule has 0 radical (unpaired) electrons. The first-order valence-electron chi connectivity index (χ1n) is 6.01. The van der Waals surface area contributed by atoms with Crippen LogP contribution in [0.3, 0.4) is 0 Å². The Balaban J connectivity index is 2.11. The van der Waals surface area contributed by atoms with Crippen molar-refractivity contribution in [1.82, 2.24) is 15.0 Å². The molecule has 1 fully saturated rings. The Kier molecular flexibility index (Phi) is 3.47. The van der Waals surface area contributed by atoms with Crippen LogP contribution in [0, 0.1) is 0 Å². The van der Waals surface area contributed by atoms with Crippen LogP contribution < -0.4 is 0 Å². The minimum absolute atomic E-state index is 0.0445. The van der Waals surface area contributed by atoms with E-state index in [4.69, 9.17) is 4.52 Å². The number of hydrogen-bond acceptors (Lipinski definition) is 4. The van der Waals surface area contributed by atoms with Gasteiger partial charge in [-0.2, -0.15) is 0 Å². The minimum Gasteiger partial charge on any atom is -0.364 e. The standard InChI is InChI=1S/C12H19N3O2/c1-9(2)11-10(8-17-13-11)12(16)15-6-4-14(3)5-7-15/h8-9H,4-7H2,1-3H3. The van der Waals surface area contributed by atoms with E-state index in [2.05, 4.69) is 17.1 Å². The van der Waals surface area contributed by atoms with Gasteiger partial charge in [-0.1, -0.05) is 19.0 Å². The fourth-order valence-electron chi connectivity index (χ4n) is 2.00. The Morgan fingerprint density at radius 1 is 1.35 bits per heavy atom. The SMILES string of the molecule is CC(C)c1nocc1C(=O)N1CCN(C)CC1. The molecule has 1 saturated heterocycles. The predicted octanol–water partition coefficient (Wildman–Crippen LogP) is 1.19. The van der Waals surface area contributed by atoms with Gasteiger partial charge in [-0.25, -0.2) is 0 Å². The second-order valence-corrected chi connectivity index (χ2v) is 4.86. The van der Waals surface area contributed by atoms with Gasteiger partial charge in [0.1, 0.15) is 11.8 Å². The number of rotatable bonds is 2. The van der Waals surface area contributed by atoms with E-state index in [1.165, 1.54) is 6.26 Å². The average Bonchev–Trinajstić information content (AvgIpc) is 2.78. The molecular weight excluding hydrogens is 218 g/mol. The topological polar surface area (TPSA) is 49.6 Å². The number of carbonyl (C=O) groups excluding carboxylic acids is 1. The lowest BCUT2D eigenvalue weighted by Crippen LogP contribution is -2.47. The normalized spacial score (nSPS) is 17.8. The summed E-state index contributed by atoms with van der Waals surface area (Å²) < 4.78 is 4.93. The first-order chi connectivity index (χ1) is 8.09. The Morgan fingerprint density at radius 2 is 2.00 bits per heavy atom. The van der Waals surface area contributed by atoms with Crippen LogP contribution in [-0.4, -0.2) is 54.1 Å². The number of carbonyl (C=O) groups is 1.